The Balaban J connectivity index is 2.05. The Bertz CT molecular complexity index is 110. The molecule has 12 heavy (non-hydrogen) atoms. The second kappa shape index (κ2) is 5.87. The van der Waals surface area contributed by atoms with Gasteiger partial charge >= 0.3 is 0 Å². The van der Waals surface area contributed by atoms with Gasteiger partial charge in [0.05, 0.1) is 0 Å². The van der Waals surface area contributed by atoms with Gasteiger partial charge in [-0.1, -0.05) is 19.8 Å². The Morgan fingerprint density at radius 1 is 1.42 bits per heavy atom. The van der Waals surface area contributed by atoms with Crippen LogP contribution < -0.4 is 5.73 Å². The van der Waals surface area contributed by atoms with Gasteiger partial charge in [-0.3, -0.25) is 0 Å². The molecule has 1 aliphatic rings. The first-order chi connectivity index (χ1) is 5.84. The summed E-state index contributed by atoms with van der Waals surface area (Å²) in [6, 6.07) is 0.492. The first-order valence-corrected chi connectivity index (χ1v) is 6.33. The molecule has 1 saturated carbocycles. The highest BCUT2D eigenvalue weighted by Gasteiger charge is 2.21. The lowest BCUT2D eigenvalue weighted by atomic mass is 9.97. The number of nitrogens with two attached hydrogens (primary N) is 1. The summed E-state index contributed by atoms with van der Waals surface area (Å²) in [5.41, 5.74) is 6.11. The molecule has 0 aromatic heterocycles. The van der Waals surface area contributed by atoms with Crippen LogP contribution in [0.1, 0.15) is 39.0 Å². The van der Waals surface area contributed by atoms with E-state index in [1.54, 1.807) is 0 Å². The molecular formula is C10H21NS. The topological polar surface area (TPSA) is 26.0 Å². The Hall–Kier alpha value is 0.310. The minimum absolute atomic E-state index is 0.492. The first-order valence-electron chi connectivity index (χ1n) is 5.18. The normalized spacial score (nSPS) is 21.5. The molecule has 2 heteroatoms. The van der Waals surface area contributed by atoms with E-state index >= 15 is 0 Å². The van der Waals surface area contributed by atoms with Crippen LogP contribution in [0, 0.1) is 5.92 Å². The highest BCUT2D eigenvalue weighted by atomic mass is 32.2. The van der Waals surface area contributed by atoms with Gasteiger partial charge in [0, 0.05) is 6.04 Å². The van der Waals surface area contributed by atoms with Crippen molar-refractivity contribution in [2.45, 2.75) is 45.1 Å². The van der Waals surface area contributed by atoms with E-state index in [0.717, 1.165) is 5.92 Å². The molecule has 0 radical (unpaired) electrons. The van der Waals surface area contributed by atoms with Crippen LogP contribution in [0.2, 0.25) is 0 Å². The Kier molecular flexibility index (Phi) is 5.08. The fourth-order valence-electron chi connectivity index (χ4n) is 1.98. The van der Waals surface area contributed by atoms with Gasteiger partial charge in [0.2, 0.25) is 0 Å². The maximum atomic E-state index is 6.11. The van der Waals surface area contributed by atoms with E-state index in [9.17, 15) is 0 Å². The van der Waals surface area contributed by atoms with E-state index in [4.69, 9.17) is 5.73 Å². The Labute approximate surface area is 80.5 Å². The number of hydrogen-bond donors (Lipinski definition) is 1. The molecule has 1 rings (SSSR count). The Morgan fingerprint density at radius 3 is 2.67 bits per heavy atom. The van der Waals surface area contributed by atoms with Crippen LogP contribution in [0.3, 0.4) is 0 Å². The van der Waals surface area contributed by atoms with Crippen molar-refractivity contribution in [3.8, 4) is 0 Å². The van der Waals surface area contributed by atoms with Gasteiger partial charge in [0.25, 0.3) is 0 Å². The van der Waals surface area contributed by atoms with Crippen molar-refractivity contribution in [2.75, 3.05) is 11.5 Å². The van der Waals surface area contributed by atoms with Crippen molar-refractivity contribution in [3.63, 3.8) is 0 Å². The van der Waals surface area contributed by atoms with Gasteiger partial charge in [-0.15, -0.1) is 0 Å². The van der Waals surface area contributed by atoms with E-state index in [1.165, 1.54) is 43.6 Å². The van der Waals surface area contributed by atoms with E-state index in [2.05, 4.69) is 6.92 Å². The van der Waals surface area contributed by atoms with E-state index < -0.39 is 0 Å². The number of rotatable bonds is 5. The third kappa shape index (κ3) is 3.36. The average molecular weight is 187 g/mol. The number of thioether (sulfide) groups is 1. The molecular weight excluding hydrogens is 166 g/mol. The molecule has 0 aromatic rings. The summed E-state index contributed by atoms with van der Waals surface area (Å²) < 4.78 is 0. The monoisotopic (exact) mass is 187 g/mol. The maximum absolute atomic E-state index is 6.11. The molecule has 0 aliphatic heterocycles. The van der Waals surface area contributed by atoms with Gasteiger partial charge in [-0.25, -0.2) is 0 Å². The van der Waals surface area contributed by atoms with Gasteiger partial charge in [0.15, 0.2) is 0 Å². The maximum Gasteiger partial charge on any atom is 0.00750 e. The van der Waals surface area contributed by atoms with Crippen molar-refractivity contribution in [1.82, 2.24) is 0 Å². The molecule has 2 N–H and O–H groups in total. The van der Waals surface area contributed by atoms with Crippen LogP contribution in [-0.4, -0.2) is 17.5 Å². The standard InChI is InChI=1S/C10H21NS/c1-2-12-8-7-10(11)9-5-3-4-6-9/h9-10H,2-8,11H2,1H3. The van der Waals surface area contributed by atoms with Crippen molar-refractivity contribution in [2.24, 2.45) is 11.7 Å². The highest BCUT2D eigenvalue weighted by molar-refractivity contribution is 7.99. The summed E-state index contributed by atoms with van der Waals surface area (Å²) >= 11 is 2.02. The molecule has 0 bridgehead atoms. The van der Waals surface area contributed by atoms with Crippen LogP contribution in [0.4, 0.5) is 0 Å². The summed E-state index contributed by atoms with van der Waals surface area (Å²) in [7, 11) is 0. The largest absolute Gasteiger partial charge is 0.327 e. The smallest absolute Gasteiger partial charge is 0.00750 e. The molecule has 1 atom stereocenters. The lowest BCUT2D eigenvalue weighted by Gasteiger charge is -2.17. The molecule has 0 saturated heterocycles. The third-order valence-corrected chi connectivity index (χ3v) is 3.74. The summed E-state index contributed by atoms with van der Waals surface area (Å²) in [6.07, 6.45) is 6.83. The molecule has 0 spiro atoms. The van der Waals surface area contributed by atoms with Crippen molar-refractivity contribution >= 4 is 11.8 Å². The van der Waals surface area contributed by atoms with Crippen LogP contribution in [0.5, 0.6) is 0 Å². The zero-order chi connectivity index (χ0) is 8.81. The zero-order valence-corrected chi connectivity index (χ0v) is 8.91. The Morgan fingerprint density at radius 2 is 2.08 bits per heavy atom. The SMILES string of the molecule is CCSCCC(N)C1CCCC1. The fraction of sp³-hybridized carbons (Fsp3) is 1.00. The fourth-order valence-corrected chi connectivity index (χ4v) is 2.71. The van der Waals surface area contributed by atoms with Crippen molar-refractivity contribution < 1.29 is 0 Å². The number of hydrogen-bond acceptors (Lipinski definition) is 2. The van der Waals surface area contributed by atoms with E-state index in [1.807, 2.05) is 11.8 Å². The molecule has 1 fully saturated rings. The summed E-state index contributed by atoms with van der Waals surface area (Å²) in [5.74, 6) is 3.34. The van der Waals surface area contributed by atoms with Crippen LogP contribution >= 0.6 is 11.8 Å². The highest BCUT2D eigenvalue weighted by Crippen LogP contribution is 2.28. The van der Waals surface area contributed by atoms with Crippen LogP contribution in [0.15, 0.2) is 0 Å². The van der Waals surface area contributed by atoms with Crippen molar-refractivity contribution in [3.05, 3.63) is 0 Å². The zero-order valence-electron chi connectivity index (χ0n) is 8.09. The predicted octanol–water partition coefficient (Wildman–Crippen LogP) is 2.65. The molecule has 1 unspecified atom stereocenters. The van der Waals surface area contributed by atoms with E-state index in [-0.39, 0.29) is 0 Å². The van der Waals surface area contributed by atoms with Gasteiger partial charge in [-0.05, 0) is 36.7 Å². The molecule has 1 nitrogen and oxygen atoms in total. The molecule has 0 heterocycles. The molecule has 0 aromatic carbocycles. The van der Waals surface area contributed by atoms with Gasteiger partial charge < -0.3 is 5.73 Å². The first kappa shape index (κ1) is 10.4. The van der Waals surface area contributed by atoms with Gasteiger partial charge in [-0.2, -0.15) is 11.8 Å². The van der Waals surface area contributed by atoms with Crippen LogP contribution in [-0.2, 0) is 0 Å². The van der Waals surface area contributed by atoms with Crippen molar-refractivity contribution in [1.29, 1.82) is 0 Å². The van der Waals surface area contributed by atoms with E-state index in [0.29, 0.717) is 6.04 Å². The average Bonchev–Trinajstić information content (AvgIpc) is 2.56. The third-order valence-electron chi connectivity index (χ3n) is 2.80. The minimum atomic E-state index is 0.492. The van der Waals surface area contributed by atoms with Crippen LogP contribution in [0.25, 0.3) is 0 Å². The quantitative estimate of drug-likeness (QED) is 0.670. The predicted molar refractivity (Wildman–Crippen MR) is 57.5 cm³/mol. The second-order valence-corrected chi connectivity index (χ2v) is 5.09. The summed E-state index contributed by atoms with van der Waals surface area (Å²) in [5, 5.41) is 0. The lowest BCUT2D eigenvalue weighted by molar-refractivity contribution is 0.424. The lowest BCUT2D eigenvalue weighted by Crippen LogP contribution is -2.28. The summed E-state index contributed by atoms with van der Waals surface area (Å²) in [4.78, 5) is 0. The minimum Gasteiger partial charge on any atom is -0.327 e. The van der Waals surface area contributed by atoms with Gasteiger partial charge in [0.1, 0.15) is 0 Å². The molecule has 0 amide bonds. The molecule has 1 aliphatic carbocycles. The second-order valence-electron chi connectivity index (χ2n) is 3.69. The molecule has 72 valence electrons. The summed E-state index contributed by atoms with van der Waals surface area (Å²) in [6.45, 7) is 2.21.